The number of benzene rings is 1. The Morgan fingerprint density at radius 1 is 1.18 bits per heavy atom. The van der Waals surface area contributed by atoms with Crippen LogP contribution in [0.3, 0.4) is 0 Å². The van der Waals surface area contributed by atoms with Gasteiger partial charge in [0.25, 0.3) is 10.1 Å². The fraction of sp³-hybridized carbons (Fsp3) is 0.529. The summed E-state index contributed by atoms with van der Waals surface area (Å²) < 4.78 is 74.4. The fourth-order valence-corrected chi connectivity index (χ4v) is 4.03. The van der Waals surface area contributed by atoms with Gasteiger partial charge in [0.05, 0.1) is 12.3 Å². The fourth-order valence-electron chi connectivity index (χ4n) is 3.16. The van der Waals surface area contributed by atoms with Crippen molar-refractivity contribution < 1.29 is 30.9 Å². The van der Waals surface area contributed by atoms with E-state index >= 15 is 0 Å². The van der Waals surface area contributed by atoms with Crippen LogP contribution < -0.4 is 4.74 Å². The van der Waals surface area contributed by atoms with Crippen LogP contribution in [0.1, 0.15) is 44.0 Å². The van der Waals surface area contributed by atoms with E-state index in [1.54, 1.807) is 0 Å². The molecule has 28 heavy (non-hydrogen) atoms. The van der Waals surface area contributed by atoms with Gasteiger partial charge < -0.3 is 4.74 Å². The molecule has 0 aliphatic heterocycles. The van der Waals surface area contributed by atoms with Gasteiger partial charge in [-0.25, -0.2) is 9.67 Å². The van der Waals surface area contributed by atoms with Crippen LogP contribution in [0.5, 0.6) is 5.75 Å². The van der Waals surface area contributed by atoms with Crippen molar-refractivity contribution in [3.8, 4) is 5.75 Å². The molecule has 156 valence electrons. The highest BCUT2D eigenvalue weighted by atomic mass is 32.2. The van der Waals surface area contributed by atoms with Gasteiger partial charge in [-0.2, -0.15) is 13.5 Å². The maximum Gasteiger partial charge on any atom is 0.573 e. The lowest BCUT2D eigenvalue weighted by Crippen LogP contribution is -2.25. The van der Waals surface area contributed by atoms with Crippen molar-refractivity contribution in [2.75, 3.05) is 5.75 Å². The van der Waals surface area contributed by atoms with Crippen molar-refractivity contribution in [2.45, 2.75) is 45.5 Å². The standard InChI is InChI=1S/C17H22F3N3O4S/c1-3-13(4-2)15(10-28(24,25)26)16-21-11-22-23(16)9-12-5-7-14(8-6-12)27-17(18,19)20/h5-8,11,13,15H,3-4,9-10H2,1-2H3,(H,24,25,26). The number of halogens is 3. The molecule has 1 unspecified atom stereocenters. The second-order valence-corrected chi connectivity index (χ2v) is 7.90. The number of ether oxygens (including phenoxy) is 1. The van der Waals surface area contributed by atoms with Crippen LogP contribution in [-0.2, 0) is 16.7 Å². The van der Waals surface area contributed by atoms with E-state index in [2.05, 4.69) is 14.8 Å². The zero-order chi connectivity index (χ0) is 20.9. The minimum Gasteiger partial charge on any atom is -0.406 e. The topological polar surface area (TPSA) is 94.3 Å². The molecule has 2 rings (SSSR count). The van der Waals surface area contributed by atoms with Crippen LogP contribution >= 0.6 is 0 Å². The van der Waals surface area contributed by atoms with Crippen molar-refractivity contribution in [2.24, 2.45) is 5.92 Å². The number of alkyl halides is 3. The summed E-state index contributed by atoms with van der Waals surface area (Å²) in [5.74, 6) is -0.998. The molecule has 1 heterocycles. The van der Waals surface area contributed by atoms with Crippen molar-refractivity contribution in [1.29, 1.82) is 0 Å². The second-order valence-electron chi connectivity index (χ2n) is 6.40. The third-order valence-corrected chi connectivity index (χ3v) is 5.25. The van der Waals surface area contributed by atoms with Crippen LogP contribution in [0.4, 0.5) is 13.2 Å². The Bertz CT molecular complexity index is 863. The maximum absolute atomic E-state index is 12.3. The molecule has 1 aromatic heterocycles. The zero-order valence-corrected chi connectivity index (χ0v) is 16.2. The number of hydrogen-bond donors (Lipinski definition) is 1. The third-order valence-electron chi connectivity index (χ3n) is 4.47. The molecule has 0 amide bonds. The van der Waals surface area contributed by atoms with E-state index in [9.17, 15) is 26.1 Å². The van der Waals surface area contributed by atoms with E-state index in [1.165, 1.54) is 35.3 Å². The molecule has 0 spiro atoms. The van der Waals surface area contributed by atoms with Gasteiger partial charge in [-0.15, -0.1) is 13.2 Å². The van der Waals surface area contributed by atoms with Gasteiger partial charge in [0.2, 0.25) is 0 Å². The Labute approximate surface area is 161 Å². The maximum atomic E-state index is 12.3. The predicted molar refractivity (Wildman–Crippen MR) is 95.5 cm³/mol. The molecule has 0 saturated heterocycles. The summed E-state index contributed by atoms with van der Waals surface area (Å²) in [6, 6.07) is 5.30. The van der Waals surface area contributed by atoms with Crippen molar-refractivity contribution >= 4 is 10.1 Å². The smallest absolute Gasteiger partial charge is 0.406 e. The highest BCUT2D eigenvalue weighted by molar-refractivity contribution is 7.85. The summed E-state index contributed by atoms with van der Waals surface area (Å²) in [5.41, 5.74) is 0.636. The summed E-state index contributed by atoms with van der Waals surface area (Å²) in [6.07, 6.45) is -2.10. The first-order chi connectivity index (χ1) is 13.0. The van der Waals surface area contributed by atoms with Crippen LogP contribution in [0.2, 0.25) is 0 Å². The molecule has 0 radical (unpaired) electrons. The minimum atomic E-state index is -4.76. The average Bonchev–Trinajstić information content (AvgIpc) is 3.02. The Balaban J connectivity index is 2.25. The molecule has 7 nitrogen and oxygen atoms in total. The molecule has 0 bridgehead atoms. The SMILES string of the molecule is CCC(CC)C(CS(=O)(=O)O)c1ncnn1Cc1ccc(OC(F)(F)F)cc1. The van der Waals surface area contributed by atoms with Gasteiger partial charge in [0, 0.05) is 5.92 Å². The summed E-state index contributed by atoms with van der Waals surface area (Å²) in [5, 5.41) is 4.11. The van der Waals surface area contributed by atoms with Gasteiger partial charge in [-0.05, 0) is 23.6 Å². The van der Waals surface area contributed by atoms with Gasteiger partial charge >= 0.3 is 6.36 Å². The molecule has 0 saturated carbocycles. The largest absolute Gasteiger partial charge is 0.573 e. The minimum absolute atomic E-state index is 0.0348. The summed E-state index contributed by atoms with van der Waals surface area (Å²) in [7, 11) is -4.23. The second kappa shape index (κ2) is 8.91. The van der Waals surface area contributed by atoms with E-state index in [0.29, 0.717) is 24.2 Å². The lowest BCUT2D eigenvalue weighted by molar-refractivity contribution is -0.274. The highest BCUT2D eigenvalue weighted by Gasteiger charge is 2.31. The highest BCUT2D eigenvalue weighted by Crippen LogP contribution is 2.30. The Morgan fingerprint density at radius 2 is 1.79 bits per heavy atom. The summed E-state index contributed by atoms with van der Waals surface area (Å²) >= 11 is 0. The van der Waals surface area contributed by atoms with Gasteiger partial charge in [-0.3, -0.25) is 4.55 Å². The first kappa shape index (κ1) is 22.2. The quantitative estimate of drug-likeness (QED) is 0.622. The van der Waals surface area contributed by atoms with Crippen molar-refractivity contribution in [3.63, 3.8) is 0 Å². The predicted octanol–water partition coefficient (Wildman–Crippen LogP) is 3.63. The van der Waals surface area contributed by atoms with E-state index in [0.717, 1.165) is 0 Å². The average molecular weight is 421 g/mol. The van der Waals surface area contributed by atoms with Crippen LogP contribution in [0.25, 0.3) is 0 Å². The molecule has 0 aliphatic carbocycles. The van der Waals surface area contributed by atoms with E-state index in [4.69, 9.17) is 0 Å². The third kappa shape index (κ3) is 6.48. The molecular weight excluding hydrogens is 399 g/mol. The Hall–Kier alpha value is -2.14. The number of rotatable bonds is 9. The molecule has 2 aromatic rings. The van der Waals surface area contributed by atoms with Crippen LogP contribution in [-0.4, -0.2) is 39.9 Å². The number of hydrogen-bond acceptors (Lipinski definition) is 5. The van der Waals surface area contributed by atoms with Crippen LogP contribution in [0, 0.1) is 5.92 Å². The molecular formula is C17H22F3N3O4S. The molecule has 11 heteroatoms. The Kier molecular flexibility index (Phi) is 7.05. The first-order valence-corrected chi connectivity index (χ1v) is 10.3. The first-order valence-electron chi connectivity index (χ1n) is 8.70. The van der Waals surface area contributed by atoms with E-state index < -0.39 is 28.2 Å². The molecule has 1 aromatic carbocycles. The van der Waals surface area contributed by atoms with E-state index in [-0.39, 0.29) is 18.2 Å². The van der Waals surface area contributed by atoms with Gasteiger partial charge in [0.15, 0.2) is 0 Å². The molecule has 0 aliphatic rings. The van der Waals surface area contributed by atoms with Crippen molar-refractivity contribution in [3.05, 3.63) is 42.0 Å². The zero-order valence-electron chi connectivity index (χ0n) is 15.4. The normalized spacial score (nSPS) is 13.7. The van der Waals surface area contributed by atoms with Gasteiger partial charge in [-0.1, -0.05) is 38.8 Å². The summed E-state index contributed by atoms with van der Waals surface area (Å²) in [6.45, 7) is 4.03. The monoisotopic (exact) mass is 421 g/mol. The molecule has 0 fully saturated rings. The number of nitrogens with zero attached hydrogens (tertiary/aromatic N) is 3. The van der Waals surface area contributed by atoms with Crippen molar-refractivity contribution in [1.82, 2.24) is 14.8 Å². The lowest BCUT2D eigenvalue weighted by atomic mass is 9.88. The molecule has 1 N–H and O–H groups in total. The van der Waals surface area contributed by atoms with Crippen LogP contribution in [0.15, 0.2) is 30.6 Å². The summed E-state index contributed by atoms with van der Waals surface area (Å²) in [4.78, 5) is 4.18. The lowest BCUT2D eigenvalue weighted by Gasteiger charge is -2.24. The van der Waals surface area contributed by atoms with E-state index in [1.807, 2.05) is 13.8 Å². The Morgan fingerprint density at radius 3 is 2.29 bits per heavy atom. The number of aromatic nitrogens is 3. The van der Waals surface area contributed by atoms with Gasteiger partial charge in [0.1, 0.15) is 17.9 Å². The molecule has 1 atom stereocenters.